The van der Waals surface area contributed by atoms with Gasteiger partial charge in [-0.05, 0) is 20.3 Å². The summed E-state index contributed by atoms with van der Waals surface area (Å²) in [6, 6.07) is -0.255. The topological polar surface area (TPSA) is 96.5 Å². The van der Waals surface area contributed by atoms with E-state index in [1.54, 1.807) is 18.7 Å². The van der Waals surface area contributed by atoms with Crippen LogP contribution in [0.1, 0.15) is 31.5 Å². The van der Waals surface area contributed by atoms with Crippen molar-refractivity contribution in [2.24, 2.45) is 5.92 Å². The van der Waals surface area contributed by atoms with Gasteiger partial charge in [-0.2, -0.15) is 4.98 Å². The maximum Gasteiger partial charge on any atom is 0.308 e. The molecule has 7 nitrogen and oxygen atoms in total. The Balaban J connectivity index is 1.89. The second-order valence-electron chi connectivity index (χ2n) is 4.80. The highest BCUT2D eigenvalue weighted by molar-refractivity contribution is 5.79. The number of nitrogens with zero attached hydrogens (tertiary/aromatic N) is 3. The molecular weight excluding hydrogens is 250 g/mol. The summed E-state index contributed by atoms with van der Waals surface area (Å²) in [5.41, 5.74) is 0. The minimum Gasteiger partial charge on any atom is -0.481 e. The Morgan fingerprint density at radius 3 is 2.79 bits per heavy atom. The molecule has 0 radical (unpaired) electrons. The lowest BCUT2D eigenvalue weighted by Crippen LogP contribution is -2.37. The van der Waals surface area contributed by atoms with E-state index in [0.717, 1.165) is 0 Å². The Morgan fingerprint density at radius 1 is 1.53 bits per heavy atom. The SMILES string of the molecule is Cc1noc(CCC(=O)N2CCC(C(=O)O)C2C)n1. The summed E-state index contributed by atoms with van der Waals surface area (Å²) >= 11 is 0. The summed E-state index contributed by atoms with van der Waals surface area (Å²) in [6.45, 7) is 4.00. The number of aromatic nitrogens is 2. The van der Waals surface area contributed by atoms with E-state index >= 15 is 0 Å². The molecule has 1 saturated heterocycles. The second-order valence-corrected chi connectivity index (χ2v) is 4.80. The van der Waals surface area contributed by atoms with Gasteiger partial charge in [-0.1, -0.05) is 5.16 Å². The maximum absolute atomic E-state index is 12.0. The molecular formula is C12H17N3O4. The highest BCUT2D eigenvalue weighted by Gasteiger charge is 2.37. The van der Waals surface area contributed by atoms with E-state index in [-0.39, 0.29) is 18.4 Å². The number of likely N-dealkylation sites (tertiary alicyclic amines) is 1. The summed E-state index contributed by atoms with van der Waals surface area (Å²) in [4.78, 5) is 28.7. The van der Waals surface area contributed by atoms with Crippen LogP contribution >= 0.6 is 0 Å². The van der Waals surface area contributed by atoms with Crippen molar-refractivity contribution in [1.29, 1.82) is 0 Å². The number of aryl methyl sites for hydroxylation is 2. The predicted molar refractivity (Wildman–Crippen MR) is 64.3 cm³/mol. The van der Waals surface area contributed by atoms with Gasteiger partial charge in [-0.25, -0.2) is 0 Å². The van der Waals surface area contributed by atoms with Crippen LogP contribution in [0.3, 0.4) is 0 Å². The zero-order valence-corrected chi connectivity index (χ0v) is 11.0. The van der Waals surface area contributed by atoms with Crippen molar-refractivity contribution in [1.82, 2.24) is 15.0 Å². The lowest BCUT2D eigenvalue weighted by atomic mass is 10.0. The van der Waals surface area contributed by atoms with Crippen molar-refractivity contribution >= 4 is 11.9 Å². The van der Waals surface area contributed by atoms with Crippen molar-refractivity contribution in [2.75, 3.05) is 6.54 Å². The molecule has 1 aromatic rings. The van der Waals surface area contributed by atoms with Crippen molar-refractivity contribution < 1.29 is 19.2 Å². The third kappa shape index (κ3) is 2.91. The Morgan fingerprint density at radius 2 is 2.26 bits per heavy atom. The standard InChI is InChI=1S/C12H17N3O4/c1-7-9(12(17)18)5-6-15(7)11(16)4-3-10-13-8(2)14-19-10/h7,9H,3-6H2,1-2H3,(H,17,18). The first-order chi connectivity index (χ1) is 8.99. The van der Waals surface area contributed by atoms with Crippen LogP contribution in [-0.2, 0) is 16.0 Å². The van der Waals surface area contributed by atoms with Crippen molar-refractivity contribution in [3.63, 3.8) is 0 Å². The van der Waals surface area contributed by atoms with Crippen molar-refractivity contribution in [3.8, 4) is 0 Å². The molecule has 7 heteroatoms. The Hall–Kier alpha value is -1.92. The molecule has 1 amide bonds. The quantitative estimate of drug-likeness (QED) is 0.859. The maximum atomic E-state index is 12.0. The fraction of sp³-hybridized carbons (Fsp3) is 0.667. The van der Waals surface area contributed by atoms with Gasteiger partial charge in [0.25, 0.3) is 0 Å². The van der Waals surface area contributed by atoms with Gasteiger partial charge in [0.1, 0.15) is 0 Å². The summed E-state index contributed by atoms with van der Waals surface area (Å²) in [7, 11) is 0. The monoisotopic (exact) mass is 267 g/mol. The number of rotatable bonds is 4. The van der Waals surface area contributed by atoms with Gasteiger partial charge >= 0.3 is 5.97 Å². The van der Waals surface area contributed by atoms with E-state index in [1.807, 2.05) is 0 Å². The summed E-state index contributed by atoms with van der Waals surface area (Å²) in [5.74, 6) is -0.382. The van der Waals surface area contributed by atoms with E-state index in [1.165, 1.54) is 0 Å². The normalized spacial score (nSPS) is 22.7. The lowest BCUT2D eigenvalue weighted by Gasteiger charge is -2.23. The van der Waals surface area contributed by atoms with Crippen LogP contribution in [0.2, 0.25) is 0 Å². The minimum atomic E-state index is -0.838. The van der Waals surface area contributed by atoms with Gasteiger partial charge < -0.3 is 14.5 Å². The Kier molecular flexibility index (Phi) is 3.82. The van der Waals surface area contributed by atoms with Crippen LogP contribution < -0.4 is 0 Å². The first-order valence-electron chi connectivity index (χ1n) is 6.30. The average molecular weight is 267 g/mol. The van der Waals surface area contributed by atoms with E-state index in [0.29, 0.717) is 31.1 Å². The van der Waals surface area contributed by atoms with Crippen molar-refractivity contribution in [3.05, 3.63) is 11.7 Å². The molecule has 2 heterocycles. The van der Waals surface area contributed by atoms with E-state index in [4.69, 9.17) is 9.63 Å². The summed E-state index contributed by atoms with van der Waals surface area (Å²) in [5, 5.41) is 12.7. The molecule has 0 spiro atoms. The molecule has 1 aliphatic rings. The number of carbonyl (C=O) groups is 2. The third-order valence-corrected chi connectivity index (χ3v) is 3.51. The highest BCUT2D eigenvalue weighted by Crippen LogP contribution is 2.25. The third-order valence-electron chi connectivity index (χ3n) is 3.51. The molecule has 1 aromatic heterocycles. The fourth-order valence-corrected chi connectivity index (χ4v) is 2.42. The largest absolute Gasteiger partial charge is 0.481 e. The molecule has 19 heavy (non-hydrogen) atoms. The molecule has 1 aliphatic heterocycles. The molecule has 0 saturated carbocycles. The molecule has 1 N–H and O–H groups in total. The van der Waals surface area contributed by atoms with Crippen LogP contribution in [0, 0.1) is 12.8 Å². The molecule has 2 atom stereocenters. The summed E-state index contributed by atoms with van der Waals surface area (Å²) in [6.07, 6.45) is 1.17. The van der Waals surface area contributed by atoms with Gasteiger partial charge in [0.15, 0.2) is 5.82 Å². The summed E-state index contributed by atoms with van der Waals surface area (Å²) < 4.78 is 4.94. The van der Waals surface area contributed by atoms with Crippen LogP contribution in [-0.4, -0.2) is 44.6 Å². The van der Waals surface area contributed by atoms with Gasteiger partial charge in [-0.15, -0.1) is 0 Å². The Labute approximate surface area is 110 Å². The minimum absolute atomic E-state index is 0.0629. The first-order valence-corrected chi connectivity index (χ1v) is 6.30. The number of hydrogen-bond donors (Lipinski definition) is 1. The van der Waals surface area contributed by atoms with Crippen LogP contribution in [0.5, 0.6) is 0 Å². The average Bonchev–Trinajstić information content (AvgIpc) is 2.92. The van der Waals surface area contributed by atoms with E-state index < -0.39 is 11.9 Å². The predicted octanol–water partition coefficient (Wildman–Crippen LogP) is 0.632. The molecule has 2 rings (SSSR count). The van der Waals surface area contributed by atoms with Gasteiger partial charge in [0.2, 0.25) is 11.8 Å². The second kappa shape index (κ2) is 5.38. The van der Waals surface area contributed by atoms with Crippen molar-refractivity contribution in [2.45, 2.75) is 39.2 Å². The van der Waals surface area contributed by atoms with Gasteiger partial charge in [-0.3, -0.25) is 9.59 Å². The number of carboxylic acid groups (broad SMARTS) is 1. The van der Waals surface area contributed by atoms with Gasteiger partial charge in [0.05, 0.1) is 5.92 Å². The van der Waals surface area contributed by atoms with Crippen LogP contribution in [0.4, 0.5) is 0 Å². The zero-order chi connectivity index (χ0) is 14.0. The molecule has 0 aromatic carbocycles. The fourth-order valence-electron chi connectivity index (χ4n) is 2.42. The lowest BCUT2D eigenvalue weighted by molar-refractivity contribution is -0.143. The van der Waals surface area contributed by atoms with Gasteiger partial charge in [0, 0.05) is 25.4 Å². The first kappa shape index (κ1) is 13.5. The highest BCUT2D eigenvalue weighted by atomic mass is 16.5. The van der Waals surface area contributed by atoms with E-state index in [2.05, 4.69) is 10.1 Å². The molecule has 104 valence electrons. The van der Waals surface area contributed by atoms with Crippen LogP contribution in [0.15, 0.2) is 4.52 Å². The molecule has 0 bridgehead atoms. The van der Waals surface area contributed by atoms with Crippen LogP contribution in [0.25, 0.3) is 0 Å². The molecule has 1 fully saturated rings. The smallest absolute Gasteiger partial charge is 0.308 e. The number of carboxylic acids is 1. The zero-order valence-electron chi connectivity index (χ0n) is 11.0. The van der Waals surface area contributed by atoms with E-state index in [9.17, 15) is 9.59 Å². The number of carbonyl (C=O) groups excluding carboxylic acids is 1. The number of amides is 1. The Bertz CT molecular complexity index is 485. The number of hydrogen-bond acceptors (Lipinski definition) is 5. The number of aliphatic carboxylic acids is 1. The molecule has 2 unspecified atom stereocenters. The molecule has 0 aliphatic carbocycles.